The third-order valence-electron chi connectivity index (χ3n) is 3.39. The molecule has 2 heterocycles. The highest BCUT2D eigenvalue weighted by molar-refractivity contribution is 5.90. The quantitative estimate of drug-likeness (QED) is 0.865. The molecule has 1 saturated heterocycles. The second-order valence-corrected chi connectivity index (χ2v) is 5.34. The number of carbonyl (C=O) groups is 1. The molecule has 1 aromatic rings. The van der Waals surface area contributed by atoms with Crippen LogP contribution >= 0.6 is 12.4 Å². The first kappa shape index (κ1) is 17.0. The van der Waals surface area contributed by atoms with Gasteiger partial charge in [-0.2, -0.15) is 0 Å². The van der Waals surface area contributed by atoms with Crippen LogP contribution in [0.3, 0.4) is 0 Å². The summed E-state index contributed by atoms with van der Waals surface area (Å²) in [4.78, 5) is 13.9. The predicted molar refractivity (Wildman–Crippen MR) is 79.4 cm³/mol. The van der Waals surface area contributed by atoms with E-state index >= 15 is 0 Å². The molecule has 0 bridgehead atoms. The average molecular weight is 303 g/mol. The molecule has 2 rings (SSSR count). The summed E-state index contributed by atoms with van der Waals surface area (Å²) in [7, 11) is 1.38. The molecule has 0 radical (unpaired) electrons. The van der Waals surface area contributed by atoms with E-state index in [2.05, 4.69) is 24.1 Å². The molecule has 1 fully saturated rings. The Balaban J connectivity index is 0.00000200. The Hall–Kier alpha value is -1.04. The number of carbonyl (C=O) groups excluding carboxylic acids is 1. The van der Waals surface area contributed by atoms with Gasteiger partial charge in [0.05, 0.1) is 13.7 Å². The minimum absolute atomic E-state index is 0. The molecule has 20 heavy (non-hydrogen) atoms. The first-order valence-corrected chi connectivity index (χ1v) is 6.65. The maximum Gasteiger partial charge on any atom is 0.341 e. The Morgan fingerprint density at radius 2 is 2.05 bits per heavy atom. The third kappa shape index (κ3) is 3.98. The molecule has 1 aliphatic heterocycles. The summed E-state index contributed by atoms with van der Waals surface area (Å²) in [5.74, 6) is 1.10. The molecule has 0 saturated carbocycles. The van der Waals surface area contributed by atoms with E-state index in [-0.39, 0.29) is 18.4 Å². The number of esters is 1. The van der Waals surface area contributed by atoms with Crippen LogP contribution in [0, 0.1) is 6.92 Å². The van der Waals surface area contributed by atoms with Gasteiger partial charge in [-0.1, -0.05) is 0 Å². The molecule has 0 aromatic carbocycles. The fourth-order valence-corrected chi connectivity index (χ4v) is 2.72. The van der Waals surface area contributed by atoms with Crippen LogP contribution in [0.4, 0.5) is 0 Å². The van der Waals surface area contributed by atoms with Crippen molar-refractivity contribution in [2.45, 2.75) is 39.4 Å². The van der Waals surface area contributed by atoms with Crippen molar-refractivity contribution in [2.75, 3.05) is 20.2 Å². The second-order valence-electron chi connectivity index (χ2n) is 5.34. The molecule has 6 heteroatoms. The van der Waals surface area contributed by atoms with Crippen molar-refractivity contribution >= 4 is 18.4 Å². The first-order valence-electron chi connectivity index (χ1n) is 6.65. The van der Waals surface area contributed by atoms with Gasteiger partial charge in [-0.05, 0) is 26.8 Å². The van der Waals surface area contributed by atoms with Gasteiger partial charge in [0, 0.05) is 25.2 Å². The molecule has 5 nitrogen and oxygen atoms in total. The molecule has 2 atom stereocenters. The van der Waals surface area contributed by atoms with Crippen molar-refractivity contribution in [2.24, 2.45) is 0 Å². The van der Waals surface area contributed by atoms with Crippen molar-refractivity contribution in [1.29, 1.82) is 0 Å². The van der Waals surface area contributed by atoms with Crippen molar-refractivity contribution in [3.05, 3.63) is 23.2 Å². The highest BCUT2D eigenvalue weighted by Crippen LogP contribution is 2.18. The predicted octanol–water partition coefficient (Wildman–Crippen LogP) is 1.98. The van der Waals surface area contributed by atoms with Crippen LogP contribution in [0.2, 0.25) is 0 Å². The fourth-order valence-electron chi connectivity index (χ4n) is 2.72. The van der Waals surface area contributed by atoms with Crippen LogP contribution < -0.4 is 5.32 Å². The van der Waals surface area contributed by atoms with Gasteiger partial charge in [-0.15, -0.1) is 12.4 Å². The molecule has 1 aromatic heterocycles. The largest absolute Gasteiger partial charge is 0.465 e. The number of piperazine rings is 1. The highest BCUT2D eigenvalue weighted by atomic mass is 35.5. The van der Waals surface area contributed by atoms with E-state index in [1.807, 2.05) is 0 Å². The number of ether oxygens (including phenoxy) is 1. The monoisotopic (exact) mass is 302 g/mol. The van der Waals surface area contributed by atoms with Crippen molar-refractivity contribution in [3.63, 3.8) is 0 Å². The zero-order valence-electron chi connectivity index (χ0n) is 12.4. The number of furan rings is 1. The maximum atomic E-state index is 11.5. The second kappa shape index (κ2) is 7.11. The lowest BCUT2D eigenvalue weighted by Crippen LogP contribution is -2.53. The fraction of sp³-hybridized carbons (Fsp3) is 0.643. The van der Waals surface area contributed by atoms with E-state index in [4.69, 9.17) is 9.15 Å². The van der Waals surface area contributed by atoms with Crippen LogP contribution in [-0.2, 0) is 11.3 Å². The number of aryl methyl sites for hydroxylation is 1. The molecule has 2 unspecified atom stereocenters. The van der Waals surface area contributed by atoms with Gasteiger partial charge in [-0.3, -0.25) is 4.90 Å². The molecule has 1 N–H and O–H groups in total. The zero-order valence-corrected chi connectivity index (χ0v) is 13.3. The average Bonchev–Trinajstić information content (AvgIpc) is 2.68. The number of hydrogen-bond donors (Lipinski definition) is 1. The number of rotatable bonds is 3. The number of nitrogens with one attached hydrogen (secondary N) is 1. The van der Waals surface area contributed by atoms with Gasteiger partial charge in [0.15, 0.2) is 0 Å². The summed E-state index contributed by atoms with van der Waals surface area (Å²) in [5.41, 5.74) is 0.522. The lowest BCUT2D eigenvalue weighted by atomic mass is 10.1. The maximum absolute atomic E-state index is 11.5. The lowest BCUT2D eigenvalue weighted by molar-refractivity contribution is 0.0599. The smallest absolute Gasteiger partial charge is 0.341 e. The SMILES string of the molecule is COC(=O)c1cc(CN2CC(C)NC(C)C2)oc1C.Cl. The molecular formula is C14H23ClN2O3. The Labute approximate surface area is 126 Å². The van der Waals surface area contributed by atoms with Crippen LogP contribution in [0.5, 0.6) is 0 Å². The summed E-state index contributed by atoms with van der Waals surface area (Å²) >= 11 is 0. The van der Waals surface area contributed by atoms with E-state index in [9.17, 15) is 4.79 Å². The van der Waals surface area contributed by atoms with Crippen LogP contribution in [0.1, 0.15) is 35.7 Å². The molecule has 0 aliphatic carbocycles. The zero-order chi connectivity index (χ0) is 14.0. The number of hydrogen-bond acceptors (Lipinski definition) is 5. The van der Waals surface area contributed by atoms with Gasteiger partial charge in [0.25, 0.3) is 0 Å². The number of nitrogens with zero attached hydrogens (tertiary/aromatic N) is 1. The van der Waals surface area contributed by atoms with E-state index in [1.165, 1.54) is 7.11 Å². The molecule has 1 aliphatic rings. The molecule has 0 amide bonds. The van der Waals surface area contributed by atoms with E-state index in [1.54, 1.807) is 13.0 Å². The van der Waals surface area contributed by atoms with Crippen LogP contribution in [0.25, 0.3) is 0 Å². The van der Waals surface area contributed by atoms with Gasteiger partial charge in [0.1, 0.15) is 17.1 Å². The normalized spacial score (nSPS) is 23.2. The Bertz CT molecular complexity index is 451. The highest BCUT2D eigenvalue weighted by Gasteiger charge is 2.23. The summed E-state index contributed by atoms with van der Waals surface area (Å²) in [6, 6.07) is 2.73. The van der Waals surface area contributed by atoms with E-state index < -0.39 is 0 Å². The van der Waals surface area contributed by atoms with Crippen molar-refractivity contribution < 1.29 is 13.9 Å². The van der Waals surface area contributed by atoms with E-state index in [0.717, 1.165) is 25.4 Å². The number of methoxy groups -OCH3 is 1. The van der Waals surface area contributed by atoms with Crippen molar-refractivity contribution in [3.8, 4) is 0 Å². The molecule has 0 spiro atoms. The van der Waals surface area contributed by atoms with Gasteiger partial charge in [-0.25, -0.2) is 4.79 Å². The summed E-state index contributed by atoms with van der Waals surface area (Å²) in [6.07, 6.45) is 0. The first-order chi connectivity index (χ1) is 8.99. The lowest BCUT2D eigenvalue weighted by Gasteiger charge is -2.35. The molecule has 114 valence electrons. The Morgan fingerprint density at radius 1 is 1.45 bits per heavy atom. The van der Waals surface area contributed by atoms with Gasteiger partial charge in [0.2, 0.25) is 0 Å². The minimum Gasteiger partial charge on any atom is -0.465 e. The summed E-state index contributed by atoms with van der Waals surface area (Å²) < 4.78 is 10.4. The summed E-state index contributed by atoms with van der Waals surface area (Å²) in [5, 5.41) is 3.49. The van der Waals surface area contributed by atoms with Crippen molar-refractivity contribution in [1.82, 2.24) is 10.2 Å². The van der Waals surface area contributed by atoms with E-state index in [0.29, 0.717) is 23.4 Å². The Kier molecular flexibility index (Phi) is 6.05. The van der Waals surface area contributed by atoms with Crippen LogP contribution in [0.15, 0.2) is 10.5 Å². The minimum atomic E-state index is -0.338. The topological polar surface area (TPSA) is 54.7 Å². The Morgan fingerprint density at radius 3 is 2.60 bits per heavy atom. The molecular weight excluding hydrogens is 280 g/mol. The third-order valence-corrected chi connectivity index (χ3v) is 3.39. The van der Waals surface area contributed by atoms with Gasteiger partial charge < -0.3 is 14.5 Å². The number of halogens is 1. The summed E-state index contributed by atoms with van der Waals surface area (Å²) in [6.45, 7) is 8.84. The van der Waals surface area contributed by atoms with Gasteiger partial charge >= 0.3 is 5.97 Å². The van der Waals surface area contributed by atoms with Crippen LogP contribution in [-0.4, -0.2) is 43.2 Å². The standard InChI is InChI=1S/C14H22N2O3.ClH/c1-9-6-16(7-10(2)15-9)8-12-5-13(11(3)19-12)14(17)18-4;/h5,9-10,15H,6-8H2,1-4H3;1H.